The highest BCUT2D eigenvalue weighted by Gasteiger charge is 2.33. The van der Waals surface area contributed by atoms with Gasteiger partial charge in [-0.25, -0.2) is 9.59 Å². The number of aliphatic hydroxyl groups excluding tert-OH is 1. The van der Waals surface area contributed by atoms with E-state index in [1.54, 1.807) is 12.1 Å². The summed E-state index contributed by atoms with van der Waals surface area (Å²) in [6.45, 7) is 2.87. The summed E-state index contributed by atoms with van der Waals surface area (Å²) in [6.07, 6.45) is 0.0198. The van der Waals surface area contributed by atoms with Crippen molar-refractivity contribution in [2.45, 2.75) is 57.0 Å². The Kier molecular flexibility index (Phi) is 11.8. The molecule has 0 aliphatic carbocycles. The van der Waals surface area contributed by atoms with Gasteiger partial charge in [0.2, 0.25) is 0 Å². The van der Waals surface area contributed by atoms with Crippen LogP contribution in [0.3, 0.4) is 0 Å². The van der Waals surface area contributed by atoms with Crippen LogP contribution in [0, 0.1) is 0 Å². The topological polar surface area (TPSA) is 109 Å². The molecule has 0 radical (unpaired) electrons. The molecule has 9 heteroatoms. The molecule has 0 bridgehead atoms. The van der Waals surface area contributed by atoms with Crippen molar-refractivity contribution in [2.24, 2.45) is 0 Å². The quantitative estimate of drug-likeness (QED) is 0.156. The second-order valence-corrected chi connectivity index (χ2v) is 11.9. The van der Waals surface area contributed by atoms with E-state index in [9.17, 15) is 14.7 Å². The Morgan fingerprint density at radius 2 is 1.51 bits per heavy atom. The van der Waals surface area contributed by atoms with E-state index >= 15 is 0 Å². The Hall–Kier alpha value is -4.54. The van der Waals surface area contributed by atoms with Gasteiger partial charge in [0.1, 0.15) is 6.04 Å². The first kappa shape index (κ1) is 33.8. The van der Waals surface area contributed by atoms with Crippen LogP contribution < -0.4 is 10.6 Å². The van der Waals surface area contributed by atoms with E-state index in [1.807, 2.05) is 72.8 Å². The molecule has 1 heterocycles. The number of anilines is 1. The molecule has 246 valence electrons. The van der Waals surface area contributed by atoms with E-state index in [2.05, 4.69) is 53.8 Å². The fraction of sp³-hybridized carbons (Fsp3) is 0.316. The Bertz CT molecular complexity index is 1570. The lowest BCUT2D eigenvalue weighted by atomic mass is 9.99. The fourth-order valence-electron chi connectivity index (χ4n) is 5.73. The number of benzene rings is 4. The first-order valence-electron chi connectivity index (χ1n) is 15.9. The molecule has 0 saturated carbocycles. The molecule has 1 aliphatic rings. The number of nitrogens with one attached hydrogen (secondary N) is 2. The van der Waals surface area contributed by atoms with Crippen LogP contribution in [-0.2, 0) is 32.0 Å². The molecule has 3 N–H and O–H groups in total. The van der Waals surface area contributed by atoms with Crippen molar-refractivity contribution in [3.8, 4) is 0 Å². The van der Waals surface area contributed by atoms with Crippen LogP contribution in [0.5, 0.6) is 0 Å². The molecule has 2 amide bonds. The fourth-order valence-corrected chi connectivity index (χ4v) is 5.73. The van der Waals surface area contributed by atoms with Crippen molar-refractivity contribution >= 4 is 17.7 Å². The monoisotopic (exact) mass is 637 g/mol. The van der Waals surface area contributed by atoms with Crippen molar-refractivity contribution in [1.29, 1.82) is 0 Å². The molecule has 0 spiro atoms. The van der Waals surface area contributed by atoms with Gasteiger partial charge in [0.05, 0.1) is 25.9 Å². The maximum Gasteiger partial charge on any atom is 0.328 e. The van der Waals surface area contributed by atoms with Gasteiger partial charge in [-0.15, -0.1) is 0 Å². The third-order valence-electron chi connectivity index (χ3n) is 8.56. The SMILES string of the molecule is COC(=O)[C@H](Cc1ccccc1)NC(=O)Nc1ccc([C@H]2O[C@@H](CN(C)[C@@H](C)c3ccccc3)C[C@@H](c3ccc(CO)cc3)O2)cc1. The number of urea groups is 1. The molecule has 4 aromatic carbocycles. The minimum atomic E-state index is -0.839. The number of rotatable bonds is 12. The van der Waals surface area contributed by atoms with Gasteiger partial charge in [-0.3, -0.25) is 4.90 Å². The van der Waals surface area contributed by atoms with Gasteiger partial charge in [0.15, 0.2) is 6.29 Å². The van der Waals surface area contributed by atoms with Crippen LogP contribution in [0.1, 0.15) is 59.6 Å². The molecular weight excluding hydrogens is 594 g/mol. The van der Waals surface area contributed by atoms with Gasteiger partial charge in [-0.2, -0.15) is 0 Å². The number of ether oxygens (including phenoxy) is 3. The zero-order valence-corrected chi connectivity index (χ0v) is 27.0. The number of nitrogens with zero attached hydrogens (tertiary/aromatic N) is 1. The molecule has 47 heavy (non-hydrogen) atoms. The summed E-state index contributed by atoms with van der Waals surface area (Å²) in [5, 5.41) is 15.1. The van der Waals surface area contributed by atoms with E-state index in [4.69, 9.17) is 14.2 Å². The summed E-state index contributed by atoms with van der Waals surface area (Å²) in [4.78, 5) is 27.5. The number of aliphatic hydroxyl groups is 1. The van der Waals surface area contributed by atoms with Gasteiger partial charge in [0, 0.05) is 36.7 Å². The number of amides is 2. The average molecular weight is 638 g/mol. The number of carbonyl (C=O) groups excluding carboxylic acids is 2. The lowest BCUT2D eigenvalue weighted by Gasteiger charge is -2.39. The van der Waals surface area contributed by atoms with Crippen molar-refractivity contribution in [1.82, 2.24) is 10.2 Å². The molecular formula is C38H43N3O6. The number of esters is 1. The van der Waals surface area contributed by atoms with E-state index < -0.39 is 24.3 Å². The van der Waals surface area contributed by atoms with Crippen molar-refractivity contribution < 1.29 is 28.9 Å². The van der Waals surface area contributed by atoms with Crippen LogP contribution in [0.15, 0.2) is 109 Å². The molecule has 9 nitrogen and oxygen atoms in total. The van der Waals surface area contributed by atoms with E-state index in [1.165, 1.54) is 12.7 Å². The molecule has 5 atom stereocenters. The number of hydrogen-bond acceptors (Lipinski definition) is 7. The molecule has 1 aliphatic heterocycles. The molecule has 1 fully saturated rings. The number of likely N-dealkylation sites (N-methyl/N-ethyl adjacent to an activating group) is 1. The van der Waals surface area contributed by atoms with Crippen LogP contribution in [-0.4, -0.2) is 54.9 Å². The predicted molar refractivity (Wildman–Crippen MR) is 180 cm³/mol. The van der Waals surface area contributed by atoms with E-state index in [0.717, 1.165) is 22.3 Å². The number of hydrogen-bond donors (Lipinski definition) is 3. The lowest BCUT2D eigenvalue weighted by Crippen LogP contribution is -2.45. The molecule has 5 rings (SSSR count). The molecule has 0 unspecified atom stereocenters. The Morgan fingerprint density at radius 1 is 0.872 bits per heavy atom. The Morgan fingerprint density at radius 3 is 2.15 bits per heavy atom. The minimum Gasteiger partial charge on any atom is -0.467 e. The Labute approximate surface area is 276 Å². The largest absolute Gasteiger partial charge is 0.467 e. The highest BCUT2D eigenvalue weighted by atomic mass is 16.7. The van der Waals surface area contributed by atoms with Gasteiger partial charge in [-0.1, -0.05) is 97.1 Å². The standard InChI is InChI=1S/C38H43N3O6/c1-26(29-12-8-5-9-13-29)41(2)24-33-23-35(30-16-14-28(25-42)15-17-30)47-37(46-33)31-18-20-32(21-19-31)39-38(44)40-34(36(43)45-3)22-27-10-6-4-7-11-27/h4-21,26,33-35,37,42H,22-25H2,1-3H3,(H2,39,40,44)/t26-,33+,34-,35-,37-/m0/s1. The second-order valence-electron chi connectivity index (χ2n) is 11.9. The third-order valence-corrected chi connectivity index (χ3v) is 8.56. The first-order chi connectivity index (χ1) is 22.8. The lowest BCUT2D eigenvalue weighted by molar-refractivity contribution is -0.253. The van der Waals surface area contributed by atoms with Crippen LogP contribution >= 0.6 is 0 Å². The van der Waals surface area contributed by atoms with Crippen molar-refractivity contribution in [2.75, 3.05) is 26.0 Å². The van der Waals surface area contributed by atoms with Crippen LogP contribution in [0.2, 0.25) is 0 Å². The summed E-state index contributed by atoms with van der Waals surface area (Å²) in [6, 6.07) is 33.8. The Balaban J connectivity index is 1.27. The normalized spacial score (nSPS) is 19.0. The highest BCUT2D eigenvalue weighted by molar-refractivity contribution is 5.92. The van der Waals surface area contributed by atoms with Crippen molar-refractivity contribution in [3.63, 3.8) is 0 Å². The maximum absolute atomic E-state index is 12.9. The molecule has 1 saturated heterocycles. The number of carbonyl (C=O) groups is 2. The van der Waals surface area contributed by atoms with Crippen molar-refractivity contribution in [3.05, 3.63) is 137 Å². The number of methoxy groups -OCH3 is 1. The van der Waals surface area contributed by atoms with Gasteiger partial charge in [0.25, 0.3) is 0 Å². The highest BCUT2D eigenvalue weighted by Crippen LogP contribution is 2.39. The first-order valence-corrected chi connectivity index (χ1v) is 15.9. The predicted octanol–water partition coefficient (Wildman–Crippen LogP) is 6.32. The summed E-state index contributed by atoms with van der Waals surface area (Å²) in [5.74, 6) is -0.523. The van der Waals surface area contributed by atoms with Gasteiger partial charge < -0.3 is 30.0 Å². The van der Waals surface area contributed by atoms with Crippen LogP contribution in [0.25, 0.3) is 0 Å². The minimum absolute atomic E-state index is 0.0168. The average Bonchev–Trinajstić information content (AvgIpc) is 3.11. The summed E-state index contributed by atoms with van der Waals surface area (Å²) >= 11 is 0. The maximum atomic E-state index is 12.9. The summed E-state index contributed by atoms with van der Waals surface area (Å²) in [7, 11) is 3.40. The zero-order valence-electron chi connectivity index (χ0n) is 27.0. The van der Waals surface area contributed by atoms with Gasteiger partial charge in [-0.05, 0) is 48.4 Å². The van der Waals surface area contributed by atoms with E-state index in [0.29, 0.717) is 25.1 Å². The smallest absolute Gasteiger partial charge is 0.328 e. The third kappa shape index (κ3) is 9.27. The zero-order chi connectivity index (χ0) is 33.2. The van der Waals surface area contributed by atoms with E-state index in [-0.39, 0.29) is 24.9 Å². The molecule has 4 aromatic rings. The summed E-state index contributed by atoms with van der Waals surface area (Å²) in [5.41, 5.74) is 5.37. The summed E-state index contributed by atoms with van der Waals surface area (Å²) < 4.78 is 18.0. The van der Waals surface area contributed by atoms with Crippen LogP contribution in [0.4, 0.5) is 10.5 Å². The van der Waals surface area contributed by atoms with Gasteiger partial charge >= 0.3 is 12.0 Å². The molecule has 0 aromatic heterocycles. The second kappa shape index (κ2) is 16.3.